The monoisotopic (exact) mass is 416 g/mol. The molecule has 0 aliphatic heterocycles. The van der Waals surface area contributed by atoms with Crippen molar-refractivity contribution in [3.8, 4) is 16.9 Å². The van der Waals surface area contributed by atoms with Crippen LogP contribution in [0.1, 0.15) is 69.9 Å². The van der Waals surface area contributed by atoms with E-state index in [2.05, 4.69) is 6.92 Å². The predicted molar refractivity (Wildman–Crippen MR) is 117 cm³/mol. The van der Waals surface area contributed by atoms with Crippen LogP contribution in [0.3, 0.4) is 0 Å². The zero-order chi connectivity index (χ0) is 21.5. The van der Waals surface area contributed by atoms with Gasteiger partial charge in [-0.05, 0) is 67.7 Å². The Hall–Kier alpha value is -2.23. The lowest BCUT2D eigenvalue weighted by Gasteiger charge is -2.26. The van der Waals surface area contributed by atoms with Crippen molar-refractivity contribution < 1.29 is 17.9 Å². The summed E-state index contributed by atoms with van der Waals surface area (Å²) in [4.78, 5) is 0. The van der Waals surface area contributed by atoms with Crippen LogP contribution in [0, 0.1) is 17.7 Å². The Bertz CT molecular complexity index is 834. The first kappa shape index (κ1) is 22.5. The molecule has 1 fully saturated rings. The third-order valence-corrected chi connectivity index (χ3v) is 6.04. The Morgan fingerprint density at radius 1 is 1.00 bits per heavy atom. The minimum atomic E-state index is -2.87. The number of ether oxygens (including phenoxy) is 1. The van der Waals surface area contributed by atoms with Gasteiger partial charge in [-0.25, -0.2) is 13.2 Å². The Kier molecular flexibility index (Phi) is 8.01. The molecule has 2 aromatic carbocycles. The molecule has 3 rings (SSSR count). The van der Waals surface area contributed by atoms with E-state index in [4.69, 9.17) is 4.74 Å². The number of benzene rings is 2. The summed E-state index contributed by atoms with van der Waals surface area (Å²) in [5.74, 6) is 1.01. The maximum absolute atomic E-state index is 15.1. The van der Waals surface area contributed by atoms with Gasteiger partial charge in [0.15, 0.2) is 0 Å². The van der Waals surface area contributed by atoms with Gasteiger partial charge in [-0.3, -0.25) is 0 Å². The molecule has 0 radical (unpaired) electrons. The van der Waals surface area contributed by atoms with Crippen molar-refractivity contribution in [3.63, 3.8) is 0 Å². The van der Waals surface area contributed by atoms with E-state index in [1.807, 2.05) is 13.0 Å². The highest BCUT2D eigenvalue weighted by Gasteiger charge is 2.22. The van der Waals surface area contributed by atoms with E-state index in [1.54, 1.807) is 42.5 Å². The molecule has 0 heterocycles. The lowest BCUT2D eigenvalue weighted by molar-refractivity contribution is 0.146. The van der Waals surface area contributed by atoms with Crippen LogP contribution in [0.5, 0.6) is 5.75 Å². The molecule has 30 heavy (non-hydrogen) atoms. The summed E-state index contributed by atoms with van der Waals surface area (Å²) in [6, 6.07) is 10.0. The predicted octanol–water partition coefficient (Wildman–Crippen LogP) is 8.45. The van der Waals surface area contributed by atoms with Crippen molar-refractivity contribution in [2.75, 3.05) is 6.61 Å². The largest absolute Gasteiger partial charge is 0.494 e. The topological polar surface area (TPSA) is 9.23 Å². The summed E-state index contributed by atoms with van der Waals surface area (Å²) in [6.07, 6.45) is 7.85. The van der Waals surface area contributed by atoms with Gasteiger partial charge in [0.05, 0.1) is 12.2 Å². The number of halogens is 3. The molecule has 162 valence electrons. The van der Waals surface area contributed by atoms with E-state index in [0.29, 0.717) is 23.8 Å². The summed E-state index contributed by atoms with van der Waals surface area (Å²) < 4.78 is 48.0. The number of rotatable bonds is 8. The van der Waals surface area contributed by atoms with Gasteiger partial charge in [-0.15, -0.1) is 0 Å². The van der Waals surface area contributed by atoms with E-state index in [-0.39, 0.29) is 11.1 Å². The quantitative estimate of drug-likeness (QED) is 0.419. The van der Waals surface area contributed by atoms with E-state index in [0.717, 1.165) is 18.8 Å². The first-order valence-corrected chi connectivity index (χ1v) is 11.0. The summed E-state index contributed by atoms with van der Waals surface area (Å²) >= 11 is 0. The molecule has 0 unspecified atom stereocenters. The zero-order valence-corrected chi connectivity index (χ0v) is 17.8. The molecule has 1 nitrogen and oxygen atoms in total. The molecular formula is C26H31F3O. The Morgan fingerprint density at radius 2 is 1.70 bits per heavy atom. The summed E-state index contributed by atoms with van der Waals surface area (Å²) in [6.45, 7) is 4.62. The fraction of sp³-hybridized carbons (Fsp3) is 0.462. The molecule has 4 heteroatoms. The maximum Gasteiger partial charge on any atom is 0.267 e. The third-order valence-electron chi connectivity index (χ3n) is 6.04. The third kappa shape index (κ3) is 5.47. The van der Waals surface area contributed by atoms with Crippen molar-refractivity contribution in [2.45, 2.75) is 58.8 Å². The molecule has 0 aromatic heterocycles. The van der Waals surface area contributed by atoms with Crippen molar-refractivity contribution in [3.05, 3.63) is 59.4 Å². The van der Waals surface area contributed by atoms with Crippen LogP contribution >= 0.6 is 0 Å². The molecule has 0 saturated heterocycles. The fourth-order valence-corrected chi connectivity index (χ4v) is 4.41. The first-order valence-electron chi connectivity index (χ1n) is 11.0. The number of hydrogen-bond acceptors (Lipinski definition) is 1. The highest BCUT2D eigenvalue weighted by Crippen LogP contribution is 2.36. The standard InChI is InChI=1S/C26H31F3O/c1-3-5-18-6-8-19(9-7-18)10-11-21-14-17-23(25(27)24(21)26(28)29)20-12-15-22(16-13-20)30-4-2/h10-19,26H,3-9H2,1-2H3/b11-10+. The summed E-state index contributed by atoms with van der Waals surface area (Å²) in [5, 5.41) is 0. The number of hydrogen-bond donors (Lipinski definition) is 0. The van der Waals surface area contributed by atoms with Gasteiger partial charge in [-0.2, -0.15) is 0 Å². The van der Waals surface area contributed by atoms with E-state index in [1.165, 1.54) is 25.7 Å². The van der Waals surface area contributed by atoms with Gasteiger partial charge in [0.25, 0.3) is 6.43 Å². The van der Waals surface area contributed by atoms with Gasteiger partial charge in [0.1, 0.15) is 11.6 Å². The van der Waals surface area contributed by atoms with Crippen LogP contribution in [-0.4, -0.2) is 6.61 Å². The van der Waals surface area contributed by atoms with Crippen molar-refractivity contribution in [2.24, 2.45) is 11.8 Å². The molecule has 0 amide bonds. The van der Waals surface area contributed by atoms with Gasteiger partial charge < -0.3 is 4.74 Å². The van der Waals surface area contributed by atoms with Gasteiger partial charge >= 0.3 is 0 Å². The molecule has 0 N–H and O–H groups in total. The van der Waals surface area contributed by atoms with E-state index >= 15 is 4.39 Å². The second kappa shape index (κ2) is 10.7. The average Bonchev–Trinajstić information content (AvgIpc) is 2.74. The molecular weight excluding hydrogens is 385 g/mol. The zero-order valence-electron chi connectivity index (χ0n) is 17.8. The lowest BCUT2D eigenvalue weighted by atomic mass is 9.80. The van der Waals surface area contributed by atoms with Gasteiger partial charge in [0.2, 0.25) is 0 Å². The second-order valence-corrected chi connectivity index (χ2v) is 8.12. The molecule has 0 spiro atoms. The maximum atomic E-state index is 15.1. The highest BCUT2D eigenvalue weighted by molar-refractivity contribution is 5.69. The Labute approximate surface area is 178 Å². The lowest BCUT2D eigenvalue weighted by Crippen LogP contribution is -2.12. The molecule has 2 aromatic rings. The average molecular weight is 417 g/mol. The van der Waals surface area contributed by atoms with Crippen LogP contribution < -0.4 is 4.74 Å². The number of allylic oxidation sites excluding steroid dienone is 1. The summed E-state index contributed by atoms with van der Waals surface area (Å²) in [5.41, 5.74) is 0.498. The molecule has 1 saturated carbocycles. The van der Waals surface area contributed by atoms with Gasteiger partial charge in [0, 0.05) is 5.56 Å². The van der Waals surface area contributed by atoms with Crippen molar-refractivity contribution in [1.29, 1.82) is 0 Å². The first-order chi connectivity index (χ1) is 14.5. The van der Waals surface area contributed by atoms with Crippen LogP contribution in [0.4, 0.5) is 13.2 Å². The van der Waals surface area contributed by atoms with Crippen LogP contribution in [0.25, 0.3) is 17.2 Å². The molecule has 0 atom stereocenters. The normalized spacial score (nSPS) is 19.5. The van der Waals surface area contributed by atoms with Crippen LogP contribution in [-0.2, 0) is 0 Å². The van der Waals surface area contributed by atoms with E-state index in [9.17, 15) is 8.78 Å². The van der Waals surface area contributed by atoms with E-state index < -0.39 is 17.8 Å². The number of alkyl halides is 2. The van der Waals surface area contributed by atoms with Crippen molar-refractivity contribution in [1.82, 2.24) is 0 Å². The highest BCUT2D eigenvalue weighted by atomic mass is 19.3. The second-order valence-electron chi connectivity index (χ2n) is 8.12. The Morgan fingerprint density at radius 3 is 2.30 bits per heavy atom. The van der Waals surface area contributed by atoms with Crippen LogP contribution in [0.15, 0.2) is 42.5 Å². The van der Waals surface area contributed by atoms with Gasteiger partial charge in [-0.1, -0.05) is 56.2 Å². The minimum Gasteiger partial charge on any atom is -0.494 e. The minimum absolute atomic E-state index is 0.186. The fourth-order valence-electron chi connectivity index (χ4n) is 4.41. The van der Waals surface area contributed by atoms with Crippen LogP contribution in [0.2, 0.25) is 0 Å². The summed E-state index contributed by atoms with van der Waals surface area (Å²) in [7, 11) is 0. The molecule has 0 bridgehead atoms. The SMILES string of the molecule is CCCC1CCC(/C=C/c2ccc(-c3ccc(OCC)cc3)c(F)c2C(F)F)CC1. The molecule has 1 aliphatic rings. The molecule has 1 aliphatic carbocycles. The Balaban J connectivity index is 1.80. The van der Waals surface area contributed by atoms with Crippen molar-refractivity contribution >= 4 is 6.08 Å². The smallest absolute Gasteiger partial charge is 0.267 e.